The van der Waals surface area contributed by atoms with Gasteiger partial charge in [-0.05, 0) is 23.9 Å². The Morgan fingerprint density at radius 2 is 2.09 bits per heavy atom. The third kappa shape index (κ3) is 2.92. The topological polar surface area (TPSA) is 55.0 Å². The van der Waals surface area contributed by atoms with Crippen LogP contribution in [0.2, 0.25) is 0 Å². The molecule has 0 bridgehead atoms. The summed E-state index contributed by atoms with van der Waals surface area (Å²) in [5.74, 6) is 0.514. The highest BCUT2D eigenvalue weighted by Crippen LogP contribution is 2.42. The van der Waals surface area contributed by atoms with Crippen LogP contribution in [0.15, 0.2) is 60.2 Å². The first-order valence-electron chi connectivity index (χ1n) is 7.52. The van der Waals surface area contributed by atoms with E-state index in [2.05, 4.69) is 9.97 Å². The van der Waals surface area contributed by atoms with Gasteiger partial charge in [-0.3, -0.25) is 4.79 Å². The fraction of sp³-hybridized carbons (Fsp3) is 0.222. The van der Waals surface area contributed by atoms with Gasteiger partial charge in [0.25, 0.3) is 0 Å². The third-order valence-electron chi connectivity index (χ3n) is 3.83. The van der Waals surface area contributed by atoms with Gasteiger partial charge in [-0.2, -0.15) is 0 Å². The molecule has 1 atom stereocenters. The number of aromatic amines is 1. The lowest BCUT2D eigenvalue weighted by molar-refractivity contribution is -0.144. The van der Waals surface area contributed by atoms with E-state index in [-0.39, 0.29) is 12.4 Å². The van der Waals surface area contributed by atoms with Gasteiger partial charge in [-0.1, -0.05) is 36.4 Å². The van der Waals surface area contributed by atoms with Gasteiger partial charge in [0, 0.05) is 17.3 Å². The second-order valence-corrected chi connectivity index (χ2v) is 6.12. The van der Waals surface area contributed by atoms with Crippen molar-refractivity contribution in [1.29, 1.82) is 0 Å². The fourth-order valence-corrected chi connectivity index (χ4v) is 3.79. The van der Waals surface area contributed by atoms with Gasteiger partial charge in [0.1, 0.15) is 5.82 Å². The van der Waals surface area contributed by atoms with E-state index < -0.39 is 5.41 Å². The first-order valence-corrected chi connectivity index (χ1v) is 8.40. The zero-order valence-electron chi connectivity index (χ0n) is 12.9. The van der Waals surface area contributed by atoms with Crippen LogP contribution in [0.5, 0.6) is 0 Å². The molecule has 1 unspecified atom stereocenters. The lowest BCUT2D eigenvalue weighted by Crippen LogP contribution is -2.33. The highest BCUT2D eigenvalue weighted by atomic mass is 32.1. The Balaban J connectivity index is 2.20. The molecule has 0 radical (unpaired) electrons. The summed E-state index contributed by atoms with van der Waals surface area (Å²) in [7, 11) is 0. The van der Waals surface area contributed by atoms with Crippen LogP contribution in [-0.4, -0.2) is 22.5 Å². The number of nitrogens with zero attached hydrogens (tertiary/aromatic N) is 1. The lowest BCUT2D eigenvalue weighted by atomic mass is 9.75. The molecule has 0 fully saturated rings. The zero-order chi connectivity index (χ0) is 16.1. The van der Waals surface area contributed by atoms with Gasteiger partial charge in [0.2, 0.25) is 0 Å². The molecule has 1 aromatic carbocycles. The Labute approximate surface area is 139 Å². The number of carbonyl (C=O) groups excluding carboxylic acids is 1. The molecular formula is C18H18N2O2S. The van der Waals surface area contributed by atoms with E-state index >= 15 is 0 Å². The summed E-state index contributed by atoms with van der Waals surface area (Å²) >= 11 is 1.62. The van der Waals surface area contributed by atoms with Crippen LogP contribution in [0.4, 0.5) is 0 Å². The maximum absolute atomic E-state index is 12.4. The summed E-state index contributed by atoms with van der Waals surface area (Å²) in [4.78, 5) is 21.1. The van der Waals surface area contributed by atoms with Crippen LogP contribution in [0.1, 0.15) is 29.6 Å². The van der Waals surface area contributed by atoms with Gasteiger partial charge >= 0.3 is 5.97 Å². The van der Waals surface area contributed by atoms with E-state index in [1.165, 1.54) is 0 Å². The summed E-state index contributed by atoms with van der Waals surface area (Å²) in [6, 6.07) is 14.0. The van der Waals surface area contributed by atoms with Crippen molar-refractivity contribution in [2.75, 3.05) is 6.61 Å². The molecule has 0 aliphatic carbocycles. The number of carbonyl (C=O) groups is 1. The number of H-pyrrole nitrogens is 1. The number of hydrogen-bond donors (Lipinski definition) is 1. The first kappa shape index (κ1) is 15.5. The Kier molecular flexibility index (Phi) is 4.57. The van der Waals surface area contributed by atoms with E-state index in [0.29, 0.717) is 6.61 Å². The van der Waals surface area contributed by atoms with Crippen molar-refractivity contribution < 1.29 is 9.53 Å². The summed E-state index contributed by atoms with van der Waals surface area (Å²) in [6.45, 7) is 2.19. The van der Waals surface area contributed by atoms with Gasteiger partial charge in [-0.15, -0.1) is 11.3 Å². The molecule has 0 aliphatic rings. The quantitative estimate of drug-likeness (QED) is 0.702. The van der Waals surface area contributed by atoms with Crippen molar-refractivity contribution in [3.63, 3.8) is 0 Å². The number of hydrogen-bond acceptors (Lipinski definition) is 4. The van der Waals surface area contributed by atoms with E-state index in [1.807, 2.05) is 54.8 Å². The highest BCUT2D eigenvalue weighted by molar-refractivity contribution is 7.10. The van der Waals surface area contributed by atoms with Crippen molar-refractivity contribution in [2.24, 2.45) is 0 Å². The molecule has 23 heavy (non-hydrogen) atoms. The van der Waals surface area contributed by atoms with Gasteiger partial charge in [0.15, 0.2) is 0 Å². The number of aromatic nitrogens is 2. The molecule has 2 heterocycles. The van der Waals surface area contributed by atoms with Gasteiger partial charge in [0.05, 0.1) is 18.4 Å². The molecule has 3 rings (SSSR count). The molecule has 4 nitrogen and oxygen atoms in total. The predicted octanol–water partition coefficient (Wildman–Crippen LogP) is 3.76. The normalized spacial score (nSPS) is 13.4. The maximum atomic E-state index is 12.4. The Bertz CT molecular complexity index is 702. The average molecular weight is 326 g/mol. The Hall–Kier alpha value is -2.40. The minimum atomic E-state index is -0.662. The fourth-order valence-electron chi connectivity index (χ4n) is 2.84. The van der Waals surface area contributed by atoms with Crippen LogP contribution in [0.25, 0.3) is 0 Å². The molecule has 0 spiro atoms. The molecule has 0 saturated carbocycles. The largest absolute Gasteiger partial charge is 0.466 e. The van der Waals surface area contributed by atoms with Crippen LogP contribution in [0, 0.1) is 0 Å². The Morgan fingerprint density at radius 3 is 2.70 bits per heavy atom. The molecular weight excluding hydrogens is 308 g/mol. The van der Waals surface area contributed by atoms with Crippen LogP contribution in [0.3, 0.4) is 0 Å². The van der Waals surface area contributed by atoms with Crippen LogP contribution < -0.4 is 0 Å². The van der Waals surface area contributed by atoms with Crippen molar-refractivity contribution in [3.8, 4) is 0 Å². The van der Waals surface area contributed by atoms with E-state index in [4.69, 9.17) is 4.74 Å². The first-order chi connectivity index (χ1) is 11.3. The molecule has 3 aromatic rings. The maximum Gasteiger partial charge on any atom is 0.307 e. The van der Waals surface area contributed by atoms with Crippen molar-refractivity contribution in [2.45, 2.75) is 18.8 Å². The zero-order valence-corrected chi connectivity index (χ0v) is 13.7. The average Bonchev–Trinajstić information content (AvgIpc) is 3.27. The molecule has 118 valence electrons. The summed E-state index contributed by atoms with van der Waals surface area (Å²) in [6.07, 6.45) is 3.70. The van der Waals surface area contributed by atoms with Gasteiger partial charge in [-0.25, -0.2) is 4.98 Å². The van der Waals surface area contributed by atoms with Crippen LogP contribution in [-0.2, 0) is 14.9 Å². The summed E-state index contributed by atoms with van der Waals surface area (Å²) in [5, 5.41) is 2.01. The summed E-state index contributed by atoms with van der Waals surface area (Å²) in [5.41, 5.74) is 0.357. The lowest BCUT2D eigenvalue weighted by Gasteiger charge is -2.31. The number of esters is 1. The molecule has 1 N–H and O–H groups in total. The molecule has 0 aliphatic heterocycles. The molecule has 0 saturated heterocycles. The predicted molar refractivity (Wildman–Crippen MR) is 90.5 cm³/mol. The van der Waals surface area contributed by atoms with E-state index in [9.17, 15) is 4.79 Å². The van der Waals surface area contributed by atoms with Gasteiger partial charge < -0.3 is 9.72 Å². The number of rotatable bonds is 6. The van der Waals surface area contributed by atoms with Crippen molar-refractivity contribution >= 4 is 17.3 Å². The molecule has 0 amide bonds. The number of thiophene rings is 1. The van der Waals surface area contributed by atoms with Crippen molar-refractivity contribution in [3.05, 3.63) is 76.5 Å². The van der Waals surface area contributed by atoms with E-state index in [1.54, 1.807) is 23.7 Å². The number of ether oxygens (including phenoxy) is 1. The SMILES string of the molecule is CCOC(=O)CC(c1ccccc1)(c1ncc[nH]1)c1cccs1. The minimum absolute atomic E-state index is 0.207. The number of imidazole rings is 1. The third-order valence-corrected chi connectivity index (χ3v) is 4.86. The standard InChI is InChI=1S/C18H18N2O2S/c1-2-22-16(21)13-18(15-9-6-12-23-15,17-19-10-11-20-17)14-7-4-3-5-8-14/h3-12H,2,13H2,1H3,(H,19,20). The summed E-state index contributed by atoms with van der Waals surface area (Å²) < 4.78 is 5.24. The Morgan fingerprint density at radius 1 is 1.26 bits per heavy atom. The second kappa shape index (κ2) is 6.79. The highest BCUT2D eigenvalue weighted by Gasteiger charge is 2.42. The van der Waals surface area contributed by atoms with Crippen LogP contribution >= 0.6 is 11.3 Å². The minimum Gasteiger partial charge on any atom is -0.466 e. The van der Waals surface area contributed by atoms with Crippen molar-refractivity contribution in [1.82, 2.24) is 9.97 Å². The monoisotopic (exact) mass is 326 g/mol. The number of benzene rings is 1. The second-order valence-electron chi connectivity index (χ2n) is 5.17. The molecule has 2 aromatic heterocycles. The number of nitrogens with one attached hydrogen (secondary N) is 1. The smallest absolute Gasteiger partial charge is 0.307 e. The molecule has 5 heteroatoms. The van der Waals surface area contributed by atoms with E-state index in [0.717, 1.165) is 16.3 Å².